The molecule has 1 fully saturated rings. The molecule has 0 aliphatic carbocycles. The molecule has 0 saturated carbocycles. The first-order valence-corrected chi connectivity index (χ1v) is 6.44. The highest BCUT2D eigenvalue weighted by Crippen LogP contribution is 2.31. The summed E-state index contributed by atoms with van der Waals surface area (Å²) in [5.74, 6) is 0.639. The van der Waals surface area contributed by atoms with Crippen LogP contribution in [0.4, 0.5) is 5.82 Å². The SMILES string of the molecule is Cc1c(C)n(C2CCC(=O)NC2)c2ncnc(N)c12. The van der Waals surface area contributed by atoms with Crippen molar-refractivity contribution in [2.45, 2.75) is 32.7 Å². The van der Waals surface area contributed by atoms with E-state index in [2.05, 4.69) is 26.8 Å². The first kappa shape index (κ1) is 12.0. The maximum Gasteiger partial charge on any atom is 0.220 e. The van der Waals surface area contributed by atoms with Crippen molar-refractivity contribution in [3.05, 3.63) is 17.6 Å². The van der Waals surface area contributed by atoms with Crippen molar-refractivity contribution in [1.29, 1.82) is 0 Å². The third kappa shape index (κ3) is 1.75. The van der Waals surface area contributed by atoms with Crippen molar-refractivity contribution in [2.24, 2.45) is 0 Å². The Hall–Kier alpha value is -2.11. The van der Waals surface area contributed by atoms with Crippen LogP contribution in [0.5, 0.6) is 0 Å². The van der Waals surface area contributed by atoms with E-state index in [0.29, 0.717) is 18.8 Å². The fourth-order valence-electron chi connectivity index (χ4n) is 2.84. The molecule has 3 heterocycles. The van der Waals surface area contributed by atoms with E-state index in [1.54, 1.807) is 0 Å². The van der Waals surface area contributed by atoms with E-state index in [0.717, 1.165) is 28.7 Å². The van der Waals surface area contributed by atoms with Crippen molar-refractivity contribution in [3.63, 3.8) is 0 Å². The van der Waals surface area contributed by atoms with Crippen LogP contribution in [0.25, 0.3) is 11.0 Å². The van der Waals surface area contributed by atoms with E-state index >= 15 is 0 Å². The van der Waals surface area contributed by atoms with Crippen LogP contribution in [-0.4, -0.2) is 27.0 Å². The Morgan fingerprint density at radius 2 is 2.21 bits per heavy atom. The van der Waals surface area contributed by atoms with Crippen LogP contribution in [0.3, 0.4) is 0 Å². The fourth-order valence-corrected chi connectivity index (χ4v) is 2.84. The van der Waals surface area contributed by atoms with Crippen molar-refractivity contribution in [3.8, 4) is 0 Å². The van der Waals surface area contributed by atoms with Crippen molar-refractivity contribution >= 4 is 22.8 Å². The van der Waals surface area contributed by atoms with Gasteiger partial charge in [-0.25, -0.2) is 9.97 Å². The van der Waals surface area contributed by atoms with Gasteiger partial charge in [0, 0.05) is 18.7 Å². The zero-order valence-corrected chi connectivity index (χ0v) is 11.1. The number of aryl methyl sites for hydroxylation is 1. The molecule has 6 heteroatoms. The maximum absolute atomic E-state index is 11.3. The molecule has 0 spiro atoms. The number of hydrogen-bond donors (Lipinski definition) is 2. The summed E-state index contributed by atoms with van der Waals surface area (Å²) in [6.45, 7) is 4.75. The maximum atomic E-state index is 11.3. The topological polar surface area (TPSA) is 85.8 Å². The highest BCUT2D eigenvalue weighted by atomic mass is 16.1. The van der Waals surface area contributed by atoms with Gasteiger partial charge in [0.1, 0.15) is 17.8 Å². The van der Waals surface area contributed by atoms with Crippen LogP contribution in [-0.2, 0) is 4.79 Å². The summed E-state index contributed by atoms with van der Waals surface area (Å²) in [6, 6.07) is 0.239. The molecule has 2 aromatic heterocycles. The van der Waals surface area contributed by atoms with E-state index in [1.807, 2.05) is 6.92 Å². The molecule has 2 aromatic rings. The zero-order chi connectivity index (χ0) is 13.6. The van der Waals surface area contributed by atoms with Gasteiger partial charge in [-0.2, -0.15) is 0 Å². The molecule has 0 radical (unpaired) electrons. The summed E-state index contributed by atoms with van der Waals surface area (Å²) in [6.07, 6.45) is 2.89. The van der Waals surface area contributed by atoms with Gasteiger partial charge in [0.05, 0.1) is 11.4 Å². The molecule has 100 valence electrons. The van der Waals surface area contributed by atoms with Gasteiger partial charge < -0.3 is 15.6 Å². The van der Waals surface area contributed by atoms with Crippen molar-refractivity contribution in [2.75, 3.05) is 12.3 Å². The smallest absolute Gasteiger partial charge is 0.220 e. The van der Waals surface area contributed by atoms with Crippen molar-refractivity contribution < 1.29 is 4.79 Å². The second-order valence-corrected chi connectivity index (χ2v) is 5.03. The van der Waals surface area contributed by atoms with Gasteiger partial charge >= 0.3 is 0 Å². The number of nitrogens with zero attached hydrogens (tertiary/aromatic N) is 3. The van der Waals surface area contributed by atoms with Crippen LogP contribution >= 0.6 is 0 Å². The first-order chi connectivity index (χ1) is 9.09. The second kappa shape index (κ2) is 4.22. The summed E-state index contributed by atoms with van der Waals surface area (Å²) in [5.41, 5.74) is 9.08. The molecule has 1 atom stereocenters. The number of nitrogen functional groups attached to an aromatic ring is 1. The normalized spacial score (nSPS) is 19.7. The Balaban J connectivity index is 2.16. The lowest BCUT2D eigenvalue weighted by Gasteiger charge is -2.25. The number of anilines is 1. The lowest BCUT2D eigenvalue weighted by molar-refractivity contribution is -0.122. The molecule has 6 nitrogen and oxygen atoms in total. The quantitative estimate of drug-likeness (QED) is 0.802. The number of piperidine rings is 1. The van der Waals surface area contributed by atoms with Gasteiger partial charge in [-0.05, 0) is 25.8 Å². The summed E-state index contributed by atoms with van der Waals surface area (Å²) in [7, 11) is 0. The summed E-state index contributed by atoms with van der Waals surface area (Å²) in [4.78, 5) is 19.7. The van der Waals surface area contributed by atoms with Gasteiger partial charge in [0.2, 0.25) is 5.91 Å². The monoisotopic (exact) mass is 259 g/mol. The largest absolute Gasteiger partial charge is 0.383 e. The van der Waals surface area contributed by atoms with Crippen LogP contribution in [0.1, 0.15) is 30.1 Å². The molecule has 1 saturated heterocycles. The molecule has 19 heavy (non-hydrogen) atoms. The molecular weight excluding hydrogens is 242 g/mol. The first-order valence-electron chi connectivity index (χ1n) is 6.44. The number of hydrogen-bond acceptors (Lipinski definition) is 4. The Morgan fingerprint density at radius 1 is 1.42 bits per heavy atom. The summed E-state index contributed by atoms with van der Waals surface area (Å²) in [5, 5.41) is 3.84. The minimum atomic E-state index is 0.122. The van der Waals surface area contributed by atoms with Gasteiger partial charge in [-0.3, -0.25) is 4.79 Å². The molecule has 3 N–H and O–H groups in total. The standard InChI is InChI=1S/C13H17N5O/c1-7-8(2)18(9-3-4-10(19)15-5-9)13-11(7)12(14)16-6-17-13/h6,9H,3-5H2,1-2H3,(H,15,19)(H2,14,16,17). The van der Waals surface area contributed by atoms with Crippen LogP contribution < -0.4 is 11.1 Å². The third-order valence-electron chi connectivity index (χ3n) is 3.97. The van der Waals surface area contributed by atoms with E-state index < -0.39 is 0 Å². The van der Waals surface area contributed by atoms with Crippen LogP contribution in [0, 0.1) is 13.8 Å². The highest BCUT2D eigenvalue weighted by molar-refractivity contribution is 5.91. The van der Waals surface area contributed by atoms with E-state index in [4.69, 9.17) is 5.73 Å². The molecule has 3 rings (SSSR count). The molecule has 0 bridgehead atoms. The summed E-state index contributed by atoms with van der Waals surface area (Å²) >= 11 is 0. The van der Waals surface area contributed by atoms with Gasteiger partial charge in [0.25, 0.3) is 0 Å². The van der Waals surface area contributed by atoms with Crippen LogP contribution in [0.2, 0.25) is 0 Å². The Bertz CT molecular complexity index is 651. The minimum Gasteiger partial charge on any atom is -0.383 e. The lowest BCUT2D eigenvalue weighted by atomic mass is 10.1. The number of carbonyl (C=O) groups is 1. The molecule has 1 unspecified atom stereocenters. The van der Waals surface area contributed by atoms with Gasteiger partial charge in [0.15, 0.2) is 0 Å². The number of fused-ring (bicyclic) bond motifs is 1. The van der Waals surface area contributed by atoms with Gasteiger partial charge in [-0.1, -0.05) is 0 Å². The number of rotatable bonds is 1. The number of nitrogens with one attached hydrogen (secondary N) is 1. The Labute approximate surface area is 111 Å². The van der Waals surface area contributed by atoms with Gasteiger partial charge in [-0.15, -0.1) is 0 Å². The minimum absolute atomic E-state index is 0.122. The van der Waals surface area contributed by atoms with Crippen molar-refractivity contribution in [1.82, 2.24) is 19.9 Å². The highest BCUT2D eigenvalue weighted by Gasteiger charge is 2.25. The number of aromatic nitrogens is 3. The number of nitrogens with two attached hydrogens (primary N) is 1. The second-order valence-electron chi connectivity index (χ2n) is 5.03. The third-order valence-corrected chi connectivity index (χ3v) is 3.97. The molecular formula is C13H17N5O. The zero-order valence-electron chi connectivity index (χ0n) is 11.1. The Kier molecular flexibility index (Phi) is 2.66. The predicted octanol–water partition coefficient (Wildman–Crippen LogP) is 1.08. The molecule has 1 amide bonds. The lowest BCUT2D eigenvalue weighted by Crippen LogP contribution is -2.36. The average Bonchev–Trinajstić information content (AvgIpc) is 2.65. The van der Waals surface area contributed by atoms with Crippen LogP contribution in [0.15, 0.2) is 6.33 Å². The molecule has 0 aromatic carbocycles. The average molecular weight is 259 g/mol. The number of amides is 1. The van der Waals surface area contributed by atoms with E-state index in [1.165, 1.54) is 6.33 Å². The summed E-state index contributed by atoms with van der Waals surface area (Å²) < 4.78 is 2.18. The van der Waals surface area contributed by atoms with E-state index in [-0.39, 0.29) is 11.9 Å². The number of carbonyl (C=O) groups excluding carboxylic acids is 1. The Morgan fingerprint density at radius 3 is 2.89 bits per heavy atom. The molecule has 1 aliphatic heterocycles. The van der Waals surface area contributed by atoms with E-state index in [9.17, 15) is 4.79 Å². The predicted molar refractivity (Wildman–Crippen MR) is 72.7 cm³/mol. The fraction of sp³-hybridized carbons (Fsp3) is 0.462. The molecule has 1 aliphatic rings.